The van der Waals surface area contributed by atoms with Crippen molar-refractivity contribution in [2.45, 2.75) is 32.9 Å². The summed E-state index contributed by atoms with van der Waals surface area (Å²) in [6.45, 7) is 4.48. The summed E-state index contributed by atoms with van der Waals surface area (Å²) in [6, 6.07) is 13.4. The standard InChI is InChI=1S/C33H26ClF4N3O4/c1-33(2)16-44-15-27(33)41-26-11-17(32(42)43)7-9-25(26)39-28(41)12-19-10-23(36)20(13-22(19)35)24-4-3-5-29(40-24)45-14-18-6-8-21(34)31(38)30(18)37/h3-11,13,27H,12,14-16H2,1-2H3,(H,42,43)/t27-/m1/s1. The van der Waals surface area contributed by atoms with Crippen LogP contribution in [0.3, 0.4) is 0 Å². The molecule has 45 heavy (non-hydrogen) atoms. The van der Waals surface area contributed by atoms with E-state index in [-0.39, 0.29) is 63.3 Å². The van der Waals surface area contributed by atoms with Crippen molar-refractivity contribution in [2.75, 3.05) is 13.2 Å². The molecule has 1 fully saturated rings. The van der Waals surface area contributed by atoms with E-state index in [1.165, 1.54) is 42.5 Å². The first kappa shape index (κ1) is 30.5. The van der Waals surface area contributed by atoms with Gasteiger partial charge in [0, 0.05) is 29.0 Å². The van der Waals surface area contributed by atoms with Gasteiger partial charge in [-0.3, -0.25) is 0 Å². The molecule has 0 amide bonds. The summed E-state index contributed by atoms with van der Waals surface area (Å²) < 4.78 is 72.3. The van der Waals surface area contributed by atoms with Crippen molar-refractivity contribution in [1.29, 1.82) is 0 Å². The number of carbonyl (C=O) groups is 1. The Morgan fingerprint density at radius 2 is 1.82 bits per heavy atom. The van der Waals surface area contributed by atoms with Crippen LogP contribution in [0.2, 0.25) is 5.02 Å². The Hall–Kier alpha value is -4.48. The largest absolute Gasteiger partial charge is 0.478 e. The molecule has 0 unspecified atom stereocenters. The van der Waals surface area contributed by atoms with Gasteiger partial charge in [-0.25, -0.2) is 32.3 Å². The van der Waals surface area contributed by atoms with Crippen molar-refractivity contribution in [2.24, 2.45) is 5.41 Å². The molecule has 0 spiro atoms. The average molecular weight is 640 g/mol. The Labute approximate surface area is 260 Å². The van der Waals surface area contributed by atoms with E-state index < -0.39 is 29.2 Å². The lowest BCUT2D eigenvalue weighted by Crippen LogP contribution is -2.27. The molecule has 232 valence electrons. The smallest absolute Gasteiger partial charge is 0.335 e. The highest BCUT2D eigenvalue weighted by Crippen LogP contribution is 2.40. The minimum absolute atomic E-state index is 0.0120. The highest BCUT2D eigenvalue weighted by molar-refractivity contribution is 6.30. The van der Waals surface area contributed by atoms with Gasteiger partial charge in [0.25, 0.3) is 0 Å². The maximum absolute atomic E-state index is 15.6. The molecular formula is C33H26ClF4N3O4. The fourth-order valence-electron chi connectivity index (χ4n) is 5.49. The van der Waals surface area contributed by atoms with Gasteiger partial charge in [-0.1, -0.05) is 37.6 Å². The molecule has 2 aromatic heterocycles. The van der Waals surface area contributed by atoms with E-state index >= 15 is 8.78 Å². The summed E-state index contributed by atoms with van der Waals surface area (Å²) in [5, 5.41) is 9.21. The van der Waals surface area contributed by atoms with Gasteiger partial charge in [-0.2, -0.15) is 0 Å². The number of ether oxygens (including phenoxy) is 2. The van der Waals surface area contributed by atoms with Crippen LogP contribution in [0.1, 0.15) is 47.2 Å². The van der Waals surface area contributed by atoms with Crippen molar-refractivity contribution >= 4 is 28.6 Å². The van der Waals surface area contributed by atoms with E-state index in [0.29, 0.717) is 30.1 Å². The molecule has 5 aromatic rings. The van der Waals surface area contributed by atoms with Gasteiger partial charge >= 0.3 is 5.97 Å². The van der Waals surface area contributed by atoms with Gasteiger partial charge in [0.2, 0.25) is 5.88 Å². The molecule has 1 aliphatic rings. The molecule has 12 heteroatoms. The highest BCUT2D eigenvalue weighted by Gasteiger charge is 2.39. The summed E-state index contributed by atoms with van der Waals surface area (Å²) in [5.41, 5.74) is 0.718. The number of carboxylic acid groups (broad SMARTS) is 1. The van der Waals surface area contributed by atoms with Crippen molar-refractivity contribution in [1.82, 2.24) is 14.5 Å². The number of nitrogens with zero attached hydrogens (tertiary/aromatic N) is 3. The number of imidazole rings is 1. The molecule has 7 nitrogen and oxygen atoms in total. The Morgan fingerprint density at radius 3 is 2.56 bits per heavy atom. The zero-order valence-electron chi connectivity index (χ0n) is 24.1. The Kier molecular flexibility index (Phi) is 8.00. The molecule has 6 rings (SSSR count). The third-order valence-corrected chi connectivity index (χ3v) is 8.24. The minimum Gasteiger partial charge on any atom is -0.478 e. The number of hydrogen-bond acceptors (Lipinski definition) is 5. The SMILES string of the molecule is CC1(C)COC[C@H]1n1c(Cc2cc(F)c(-c3cccc(OCc4ccc(Cl)c(F)c4F)n3)cc2F)nc2ccc(C(=O)O)cc21. The monoisotopic (exact) mass is 639 g/mol. The van der Waals surface area contributed by atoms with Crippen LogP contribution in [0.15, 0.2) is 60.7 Å². The van der Waals surface area contributed by atoms with Crippen molar-refractivity contribution < 1.29 is 36.9 Å². The van der Waals surface area contributed by atoms with Gasteiger partial charge in [0.05, 0.1) is 46.6 Å². The molecule has 0 aliphatic carbocycles. The number of aromatic carboxylic acids is 1. The predicted molar refractivity (Wildman–Crippen MR) is 158 cm³/mol. The second-order valence-corrected chi connectivity index (χ2v) is 11.9. The fourth-order valence-corrected chi connectivity index (χ4v) is 5.64. The third-order valence-electron chi connectivity index (χ3n) is 7.95. The molecule has 1 atom stereocenters. The molecular weight excluding hydrogens is 614 g/mol. The Bertz CT molecular complexity index is 1960. The first-order valence-corrected chi connectivity index (χ1v) is 14.3. The zero-order chi connectivity index (χ0) is 32.0. The van der Waals surface area contributed by atoms with Gasteiger partial charge in [-0.15, -0.1) is 0 Å². The van der Waals surface area contributed by atoms with E-state index in [4.69, 9.17) is 21.1 Å². The van der Waals surface area contributed by atoms with E-state index in [9.17, 15) is 18.7 Å². The highest BCUT2D eigenvalue weighted by atomic mass is 35.5. The van der Waals surface area contributed by atoms with Crippen LogP contribution in [0, 0.1) is 28.7 Å². The topological polar surface area (TPSA) is 86.5 Å². The number of hydrogen-bond donors (Lipinski definition) is 1. The van der Waals surface area contributed by atoms with E-state index in [1.54, 1.807) is 6.07 Å². The average Bonchev–Trinajstić information content (AvgIpc) is 3.54. The van der Waals surface area contributed by atoms with Crippen molar-refractivity contribution in [3.05, 3.63) is 111 Å². The van der Waals surface area contributed by atoms with Crippen LogP contribution in [0.5, 0.6) is 5.88 Å². The summed E-state index contributed by atoms with van der Waals surface area (Å²) in [6.07, 6.45) is -0.0769. The van der Waals surface area contributed by atoms with Crippen molar-refractivity contribution in [3.8, 4) is 17.1 Å². The summed E-state index contributed by atoms with van der Waals surface area (Å²) in [7, 11) is 0. The number of pyridine rings is 1. The van der Waals surface area contributed by atoms with Crippen LogP contribution in [-0.4, -0.2) is 38.8 Å². The maximum Gasteiger partial charge on any atom is 0.335 e. The van der Waals surface area contributed by atoms with Crippen LogP contribution in [0.25, 0.3) is 22.3 Å². The molecule has 0 bridgehead atoms. The molecule has 3 heterocycles. The number of halogens is 5. The lowest BCUT2D eigenvalue weighted by Gasteiger charge is -2.28. The number of rotatable bonds is 8. The molecule has 0 radical (unpaired) electrons. The van der Waals surface area contributed by atoms with Gasteiger partial charge in [0.1, 0.15) is 24.1 Å². The van der Waals surface area contributed by atoms with Crippen molar-refractivity contribution in [3.63, 3.8) is 0 Å². The third kappa shape index (κ3) is 5.85. The van der Waals surface area contributed by atoms with Crippen LogP contribution < -0.4 is 4.74 Å². The first-order chi connectivity index (χ1) is 21.4. The van der Waals surface area contributed by atoms with E-state index in [2.05, 4.69) is 9.97 Å². The van der Waals surface area contributed by atoms with E-state index in [0.717, 1.165) is 12.1 Å². The van der Waals surface area contributed by atoms with Crippen LogP contribution >= 0.6 is 11.6 Å². The van der Waals surface area contributed by atoms with Gasteiger partial charge in [0.15, 0.2) is 11.6 Å². The number of aromatic nitrogens is 3. The van der Waals surface area contributed by atoms with Gasteiger partial charge in [-0.05, 0) is 48.0 Å². The van der Waals surface area contributed by atoms with Crippen LogP contribution in [0.4, 0.5) is 17.6 Å². The fraction of sp³-hybridized carbons (Fsp3) is 0.242. The maximum atomic E-state index is 15.6. The normalized spacial score (nSPS) is 15.9. The molecule has 1 aliphatic heterocycles. The number of benzene rings is 3. The lowest BCUT2D eigenvalue weighted by atomic mass is 9.87. The van der Waals surface area contributed by atoms with Crippen LogP contribution in [-0.2, 0) is 17.8 Å². The molecule has 1 N–H and O–H groups in total. The predicted octanol–water partition coefficient (Wildman–Crippen LogP) is 7.77. The summed E-state index contributed by atoms with van der Waals surface area (Å²) in [5.74, 6) is -4.47. The Balaban J connectivity index is 1.31. The number of carboxylic acids is 1. The quantitative estimate of drug-likeness (QED) is 0.138. The zero-order valence-corrected chi connectivity index (χ0v) is 24.8. The van der Waals surface area contributed by atoms with E-state index in [1.807, 2.05) is 18.4 Å². The second kappa shape index (κ2) is 11.8. The lowest BCUT2D eigenvalue weighted by molar-refractivity contribution is 0.0697. The first-order valence-electron chi connectivity index (χ1n) is 14.0. The minimum atomic E-state index is -1.20. The molecule has 3 aromatic carbocycles. The molecule has 0 saturated carbocycles. The molecule has 1 saturated heterocycles. The summed E-state index contributed by atoms with van der Waals surface area (Å²) >= 11 is 5.60. The number of fused-ring (bicyclic) bond motifs is 1. The Morgan fingerprint density at radius 1 is 1.02 bits per heavy atom. The summed E-state index contributed by atoms with van der Waals surface area (Å²) in [4.78, 5) is 20.6. The van der Waals surface area contributed by atoms with Gasteiger partial charge < -0.3 is 19.1 Å². The second-order valence-electron chi connectivity index (χ2n) is 11.5.